The maximum atomic E-state index is 5.11. The Morgan fingerprint density at radius 3 is 2.84 bits per heavy atom. The third-order valence-electron chi connectivity index (χ3n) is 4.71. The minimum atomic E-state index is 0.391. The summed E-state index contributed by atoms with van der Waals surface area (Å²) in [5, 5.41) is 8.94. The van der Waals surface area contributed by atoms with Gasteiger partial charge in [0.15, 0.2) is 5.96 Å². The molecule has 1 saturated heterocycles. The van der Waals surface area contributed by atoms with Crippen molar-refractivity contribution in [3.05, 3.63) is 22.4 Å². The van der Waals surface area contributed by atoms with Gasteiger partial charge in [0.05, 0.1) is 12.6 Å². The van der Waals surface area contributed by atoms with Crippen LogP contribution in [0.5, 0.6) is 0 Å². The fourth-order valence-electron chi connectivity index (χ4n) is 3.15. The van der Waals surface area contributed by atoms with Crippen LogP contribution in [-0.2, 0) is 4.74 Å². The highest BCUT2D eigenvalue weighted by Gasteiger charge is 2.25. The molecule has 2 N–H and O–H groups in total. The number of nitrogens with one attached hydrogen (secondary N) is 2. The number of piperidine rings is 1. The lowest BCUT2D eigenvalue weighted by Crippen LogP contribution is -2.40. The zero-order chi connectivity index (χ0) is 17.9. The van der Waals surface area contributed by atoms with Gasteiger partial charge in [-0.05, 0) is 56.6 Å². The van der Waals surface area contributed by atoms with E-state index in [1.807, 2.05) is 11.3 Å². The molecule has 0 aromatic carbocycles. The topological polar surface area (TPSA) is 48.9 Å². The van der Waals surface area contributed by atoms with Gasteiger partial charge in [-0.25, -0.2) is 0 Å². The van der Waals surface area contributed by atoms with Crippen LogP contribution >= 0.6 is 11.3 Å². The molecule has 1 fully saturated rings. The molecule has 2 rings (SSSR count). The van der Waals surface area contributed by atoms with Crippen LogP contribution in [0.25, 0.3) is 0 Å². The second-order valence-corrected chi connectivity index (χ2v) is 7.72. The van der Waals surface area contributed by atoms with Gasteiger partial charge in [-0.15, -0.1) is 11.3 Å². The molecule has 1 atom stereocenters. The second-order valence-electron chi connectivity index (χ2n) is 6.74. The van der Waals surface area contributed by atoms with E-state index in [-0.39, 0.29) is 0 Å². The number of nitrogens with zero attached hydrogens (tertiary/aromatic N) is 2. The molecule has 6 heteroatoms. The molecule has 0 amide bonds. The van der Waals surface area contributed by atoms with Crippen LogP contribution in [0.1, 0.15) is 44.0 Å². The largest absolute Gasteiger partial charge is 0.385 e. The first-order chi connectivity index (χ1) is 12.2. The van der Waals surface area contributed by atoms with Gasteiger partial charge in [0.25, 0.3) is 0 Å². The quantitative estimate of drug-likeness (QED) is 0.400. The number of hydrogen-bond acceptors (Lipinski definition) is 4. The van der Waals surface area contributed by atoms with Crippen molar-refractivity contribution in [1.82, 2.24) is 15.5 Å². The molecular formula is C19H34N4OS. The second kappa shape index (κ2) is 11.5. The van der Waals surface area contributed by atoms with Crippen LogP contribution in [0.3, 0.4) is 0 Å². The zero-order valence-corrected chi connectivity index (χ0v) is 16.8. The molecule has 0 aliphatic carbocycles. The van der Waals surface area contributed by atoms with Gasteiger partial charge < -0.3 is 15.4 Å². The highest BCUT2D eigenvalue weighted by Crippen LogP contribution is 2.29. The monoisotopic (exact) mass is 366 g/mol. The average Bonchev–Trinajstić information content (AvgIpc) is 3.14. The lowest BCUT2D eigenvalue weighted by molar-refractivity contribution is 0.143. The minimum Gasteiger partial charge on any atom is -0.385 e. The van der Waals surface area contributed by atoms with Crippen LogP contribution in [0.4, 0.5) is 0 Å². The number of hydrogen-bond donors (Lipinski definition) is 2. The summed E-state index contributed by atoms with van der Waals surface area (Å²) < 4.78 is 5.11. The molecule has 1 aromatic rings. The maximum Gasteiger partial charge on any atom is 0.191 e. The Balaban J connectivity index is 1.98. The van der Waals surface area contributed by atoms with Crippen molar-refractivity contribution >= 4 is 17.3 Å². The number of methoxy groups -OCH3 is 1. The fourth-order valence-corrected chi connectivity index (χ4v) is 4.00. The summed E-state index contributed by atoms with van der Waals surface area (Å²) in [6.45, 7) is 10.2. The van der Waals surface area contributed by atoms with Gasteiger partial charge >= 0.3 is 0 Å². The molecule has 0 bridgehead atoms. The number of aliphatic imine (C=N–C) groups is 1. The number of ether oxygens (including phenoxy) is 1. The molecule has 1 unspecified atom stereocenters. The van der Waals surface area contributed by atoms with E-state index in [0.717, 1.165) is 44.5 Å². The van der Waals surface area contributed by atoms with Crippen LogP contribution in [0.15, 0.2) is 22.5 Å². The molecule has 1 aliphatic rings. The third-order valence-corrected chi connectivity index (χ3v) is 5.69. The summed E-state index contributed by atoms with van der Waals surface area (Å²) in [6.07, 6.45) is 3.57. The van der Waals surface area contributed by atoms with E-state index in [2.05, 4.69) is 46.9 Å². The molecule has 0 radical (unpaired) electrons. The normalized spacial score (nSPS) is 18.3. The summed E-state index contributed by atoms with van der Waals surface area (Å²) in [5.41, 5.74) is 0. The molecular weight excluding hydrogens is 332 g/mol. The van der Waals surface area contributed by atoms with Gasteiger partial charge in [-0.1, -0.05) is 13.0 Å². The third kappa shape index (κ3) is 6.96. The SMILES string of the molecule is CCNC(=NCC(c1cccs1)N1CCC(C)CC1)NCCCOC. The van der Waals surface area contributed by atoms with Gasteiger partial charge in [-0.2, -0.15) is 0 Å². The van der Waals surface area contributed by atoms with Crippen molar-refractivity contribution in [3.63, 3.8) is 0 Å². The Hall–Kier alpha value is -1.11. The van der Waals surface area contributed by atoms with Crippen molar-refractivity contribution in [3.8, 4) is 0 Å². The zero-order valence-electron chi connectivity index (χ0n) is 16.0. The summed E-state index contributed by atoms with van der Waals surface area (Å²) in [6, 6.07) is 4.79. The Kier molecular flexibility index (Phi) is 9.29. The van der Waals surface area contributed by atoms with E-state index in [1.54, 1.807) is 7.11 Å². The first kappa shape index (κ1) is 20.2. The lowest BCUT2D eigenvalue weighted by atomic mass is 9.97. The predicted molar refractivity (Wildman–Crippen MR) is 108 cm³/mol. The summed E-state index contributed by atoms with van der Waals surface area (Å²) in [4.78, 5) is 8.92. The smallest absolute Gasteiger partial charge is 0.191 e. The highest BCUT2D eigenvalue weighted by molar-refractivity contribution is 7.10. The Morgan fingerprint density at radius 2 is 2.20 bits per heavy atom. The Bertz CT molecular complexity index is 484. The first-order valence-corrected chi connectivity index (χ1v) is 10.4. The molecule has 142 valence electrons. The molecule has 1 aromatic heterocycles. The van der Waals surface area contributed by atoms with E-state index in [0.29, 0.717) is 6.04 Å². The minimum absolute atomic E-state index is 0.391. The van der Waals surface area contributed by atoms with Gasteiger partial charge in [-0.3, -0.25) is 9.89 Å². The van der Waals surface area contributed by atoms with Crippen molar-refractivity contribution < 1.29 is 4.74 Å². The molecule has 0 saturated carbocycles. The molecule has 1 aliphatic heterocycles. The summed E-state index contributed by atoms with van der Waals surface area (Å²) >= 11 is 1.85. The van der Waals surface area contributed by atoms with E-state index < -0.39 is 0 Å². The van der Waals surface area contributed by atoms with Gasteiger partial charge in [0.2, 0.25) is 0 Å². The van der Waals surface area contributed by atoms with E-state index in [4.69, 9.17) is 9.73 Å². The lowest BCUT2D eigenvalue weighted by Gasteiger charge is -2.35. The van der Waals surface area contributed by atoms with Crippen LogP contribution in [-0.4, -0.2) is 57.3 Å². The molecule has 0 spiro atoms. The number of thiophene rings is 1. The number of likely N-dealkylation sites (tertiary alicyclic amines) is 1. The molecule has 5 nitrogen and oxygen atoms in total. The van der Waals surface area contributed by atoms with Gasteiger partial charge in [0.1, 0.15) is 0 Å². The standard InChI is InChI=1S/C19H34N4OS/c1-4-20-19(21-10-6-13-24-3)22-15-17(18-7-5-14-25-18)23-11-8-16(2)9-12-23/h5,7,14,16-17H,4,6,8-13,15H2,1-3H3,(H2,20,21,22). The fraction of sp³-hybridized carbons (Fsp3) is 0.737. The van der Waals surface area contributed by atoms with E-state index in [9.17, 15) is 0 Å². The van der Waals surface area contributed by atoms with Crippen molar-refractivity contribution in [2.75, 3.05) is 46.4 Å². The van der Waals surface area contributed by atoms with Crippen LogP contribution < -0.4 is 10.6 Å². The van der Waals surface area contributed by atoms with E-state index >= 15 is 0 Å². The van der Waals surface area contributed by atoms with E-state index in [1.165, 1.54) is 30.8 Å². The maximum absolute atomic E-state index is 5.11. The van der Waals surface area contributed by atoms with Crippen molar-refractivity contribution in [2.24, 2.45) is 10.9 Å². The first-order valence-electron chi connectivity index (χ1n) is 9.53. The number of rotatable bonds is 9. The highest BCUT2D eigenvalue weighted by atomic mass is 32.1. The average molecular weight is 367 g/mol. The Labute approximate surface area is 156 Å². The van der Waals surface area contributed by atoms with Crippen molar-refractivity contribution in [2.45, 2.75) is 39.2 Å². The van der Waals surface area contributed by atoms with Crippen LogP contribution in [0.2, 0.25) is 0 Å². The molecule has 25 heavy (non-hydrogen) atoms. The summed E-state index contributed by atoms with van der Waals surface area (Å²) in [7, 11) is 1.74. The summed E-state index contributed by atoms with van der Waals surface area (Å²) in [5.74, 6) is 1.76. The number of guanidine groups is 1. The van der Waals surface area contributed by atoms with Gasteiger partial charge in [0, 0.05) is 31.7 Å². The molecule has 2 heterocycles. The predicted octanol–water partition coefficient (Wildman–Crippen LogP) is 3.11. The van der Waals surface area contributed by atoms with Crippen molar-refractivity contribution in [1.29, 1.82) is 0 Å². The van der Waals surface area contributed by atoms with Crippen LogP contribution in [0, 0.1) is 5.92 Å². The Morgan fingerprint density at radius 1 is 1.40 bits per heavy atom.